The third kappa shape index (κ3) is 8.90. The molecule has 0 saturated heterocycles. The van der Waals surface area contributed by atoms with E-state index >= 15 is 0 Å². The van der Waals surface area contributed by atoms with E-state index in [1.807, 2.05) is 60.7 Å². The molecule has 0 aliphatic heterocycles. The molecule has 1 unspecified atom stereocenters. The predicted molar refractivity (Wildman–Crippen MR) is 119 cm³/mol. The quantitative estimate of drug-likeness (QED) is 0.571. The Morgan fingerprint density at radius 2 is 1.58 bits per heavy atom. The molecule has 0 aromatic heterocycles. The number of amides is 3. The van der Waals surface area contributed by atoms with Crippen LogP contribution in [0.4, 0.5) is 4.79 Å². The molecule has 0 saturated carbocycles. The van der Waals surface area contributed by atoms with Crippen LogP contribution < -0.4 is 10.6 Å². The van der Waals surface area contributed by atoms with Crippen LogP contribution in [0.2, 0.25) is 0 Å². The number of hydrogen-bond donors (Lipinski definition) is 2. The van der Waals surface area contributed by atoms with Crippen LogP contribution in [0.5, 0.6) is 0 Å². The maximum absolute atomic E-state index is 12.4. The van der Waals surface area contributed by atoms with Crippen LogP contribution in [0.15, 0.2) is 60.7 Å². The van der Waals surface area contributed by atoms with Crippen molar-refractivity contribution in [2.45, 2.75) is 45.4 Å². The molecule has 31 heavy (non-hydrogen) atoms. The summed E-state index contributed by atoms with van der Waals surface area (Å²) in [5.74, 6) is -0.628. The minimum absolute atomic E-state index is 0.0418. The molecule has 2 aromatic rings. The summed E-state index contributed by atoms with van der Waals surface area (Å²) in [6.45, 7) is 4.24. The number of hydrogen-bond acceptors (Lipinski definition) is 4. The highest BCUT2D eigenvalue weighted by molar-refractivity contribution is 5.79. The second-order valence-electron chi connectivity index (χ2n) is 7.60. The smallest absolute Gasteiger partial charge is 0.317 e. The summed E-state index contributed by atoms with van der Waals surface area (Å²) in [4.78, 5) is 38.4. The Morgan fingerprint density at radius 1 is 0.968 bits per heavy atom. The van der Waals surface area contributed by atoms with E-state index in [1.54, 1.807) is 25.8 Å². The minimum Gasteiger partial charge on any atom is -0.463 e. The van der Waals surface area contributed by atoms with Crippen molar-refractivity contribution in [2.24, 2.45) is 0 Å². The number of carbonyl (C=O) groups excluding carboxylic acids is 3. The van der Waals surface area contributed by atoms with Gasteiger partial charge in [0.15, 0.2) is 0 Å². The summed E-state index contributed by atoms with van der Waals surface area (Å²) < 4.78 is 5.22. The van der Waals surface area contributed by atoms with Crippen molar-refractivity contribution in [2.75, 3.05) is 13.6 Å². The number of benzene rings is 2. The average Bonchev–Trinajstić information content (AvgIpc) is 2.74. The molecule has 7 heteroatoms. The first-order chi connectivity index (χ1) is 14.8. The fourth-order valence-electron chi connectivity index (χ4n) is 3.03. The molecule has 0 aliphatic rings. The van der Waals surface area contributed by atoms with Gasteiger partial charge in [-0.15, -0.1) is 0 Å². The molecule has 0 spiro atoms. The third-order valence-corrected chi connectivity index (χ3v) is 4.51. The van der Waals surface area contributed by atoms with Gasteiger partial charge in [-0.1, -0.05) is 60.7 Å². The predicted octanol–water partition coefficient (Wildman–Crippen LogP) is 3.42. The van der Waals surface area contributed by atoms with Gasteiger partial charge in [-0.05, 0) is 25.0 Å². The molecular formula is C24H31N3O4. The first kappa shape index (κ1) is 23.9. The summed E-state index contributed by atoms with van der Waals surface area (Å²) in [6, 6.07) is 18.2. The summed E-state index contributed by atoms with van der Waals surface area (Å²) >= 11 is 0. The number of nitrogens with zero attached hydrogens (tertiary/aromatic N) is 1. The van der Waals surface area contributed by atoms with Crippen molar-refractivity contribution < 1.29 is 19.1 Å². The molecule has 0 aliphatic carbocycles. The number of nitrogens with one attached hydrogen (secondary N) is 2. The third-order valence-electron chi connectivity index (χ3n) is 4.51. The van der Waals surface area contributed by atoms with Crippen molar-refractivity contribution in [3.8, 4) is 0 Å². The van der Waals surface area contributed by atoms with Crippen LogP contribution >= 0.6 is 0 Å². The fraction of sp³-hybridized carbons (Fsp3) is 0.375. The van der Waals surface area contributed by atoms with Crippen molar-refractivity contribution in [1.29, 1.82) is 0 Å². The van der Waals surface area contributed by atoms with E-state index in [1.165, 1.54) is 0 Å². The molecule has 2 aromatic carbocycles. The van der Waals surface area contributed by atoms with Gasteiger partial charge in [0.1, 0.15) is 0 Å². The lowest BCUT2D eigenvalue weighted by molar-refractivity contribution is -0.148. The van der Waals surface area contributed by atoms with Crippen molar-refractivity contribution in [3.63, 3.8) is 0 Å². The number of esters is 1. The zero-order valence-electron chi connectivity index (χ0n) is 18.3. The highest BCUT2D eigenvalue weighted by Gasteiger charge is 2.20. The summed E-state index contributed by atoms with van der Waals surface area (Å²) in [5, 5.41) is 5.62. The van der Waals surface area contributed by atoms with Crippen LogP contribution in [0.3, 0.4) is 0 Å². The number of rotatable bonds is 10. The minimum atomic E-state index is -0.489. The maximum Gasteiger partial charge on any atom is 0.317 e. The van der Waals surface area contributed by atoms with E-state index < -0.39 is 6.04 Å². The molecule has 0 bridgehead atoms. The molecule has 166 valence electrons. The summed E-state index contributed by atoms with van der Waals surface area (Å²) in [7, 11) is 1.70. The first-order valence-corrected chi connectivity index (χ1v) is 10.4. The zero-order valence-corrected chi connectivity index (χ0v) is 18.3. The summed E-state index contributed by atoms with van der Waals surface area (Å²) in [6.07, 6.45) is -0.0733. The molecular weight excluding hydrogens is 394 g/mol. The Morgan fingerprint density at radius 3 is 2.19 bits per heavy atom. The number of ether oxygens (including phenoxy) is 1. The van der Waals surface area contributed by atoms with Gasteiger partial charge < -0.3 is 20.3 Å². The molecule has 0 radical (unpaired) electrons. The highest BCUT2D eigenvalue weighted by Crippen LogP contribution is 2.18. The van der Waals surface area contributed by atoms with Crippen molar-refractivity contribution >= 4 is 17.9 Å². The highest BCUT2D eigenvalue weighted by atomic mass is 16.5. The topological polar surface area (TPSA) is 87.7 Å². The van der Waals surface area contributed by atoms with E-state index in [2.05, 4.69) is 10.6 Å². The maximum atomic E-state index is 12.4. The van der Waals surface area contributed by atoms with Gasteiger partial charge in [0.2, 0.25) is 5.91 Å². The van der Waals surface area contributed by atoms with Gasteiger partial charge in [-0.25, -0.2) is 4.79 Å². The monoisotopic (exact) mass is 425 g/mol. The molecule has 3 amide bonds. The van der Waals surface area contributed by atoms with Crippen LogP contribution in [0, 0.1) is 0 Å². The first-order valence-electron chi connectivity index (χ1n) is 10.4. The van der Waals surface area contributed by atoms with Crippen molar-refractivity contribution in [1.82, 2.24) is 15.5 Å². The van der Waals surface area contributed by atoms with Gasteiger partial charge in [0, 0.05) is 26.6 Å². The average molecular weight is 426 g/mol. The fourth-order valence-corrected chi connectivity index (χ4v) is 3.03. The zero-order chi connectivity index (χ0) is 22.6. The normalized spacial score (nSPS) is 11.5. The van der Waals surface area contributed by atoms with Crippen LogP contribution in [0.1, 0.15) is 43.9 Å². The van der Waals surface area contributed by atoms with E-state index in [0.717, 1.165) is 11.1 Å². The van der Waals surface area contributed by atoms with E-state index in [0.29, 0.717) is 6.54 Å². The van der Waals surface area contributed by atoms with Crippen LogP contribution in [0.25, 0.3) is 0 Å². The van der Waals surface area contributed by atoms with Crippen molar-refractivity contribution in [3.05, 3.63) is 71.8 Å². The molecule has 2 rings (SSSR count). The lowest BCUT2D eigenvalue weighted by Gasteiger charge is -2.20. The van der Waals surface area contributed by atoms with Gasteiger partial charge in [-0.2, -0.15) is 0 Å². The molecule has 0 heterocycles. The Balaban J connectivity index is 1.83. The van der Waals surface area contributed by atoms with Gasteiger partial charge >= 0.3 is 12.0 Å². The second kappa shape index (κ2) is 12.4. The van der Waals surface area contributed by atoms with Gasteiger partial charge in [0.05, 0.1) is 18.6 Å². The molecule has 7 nitrogen and oxygen atoms in total. The Kier molecular flexibility index (Phi) is 9.55. The lowest BCUT2D eigenvalue weighted by atomic mass is 10.0. The van der Waals surface area contributed by atoms with E-state index in [-0.39, 0.29) is 43.4 Å². The Bertz CT molecular complexity index is 840. The largest absolute Gasteiger partial charge is 0.463 e. The number of carbonyl (C=O) groups is 3. The van der Waals surface area contributed by atoms with Gasteiger partial charge in [0.25, 0.3) is 0 Å². The molecule has 0 fully saturated rings. The SMILES string of the molecule is CC(C)OC(=O)CC(NC(=O)CCNC(=O)N(C)Cc1ccccc1)c1ccccc1. The Hall–Kier alpha value is -3.35. The number of urea groups is 1. The standard InChI is InChI=1S/C24H31N3O4/c1-18(2)31-23(29)16-21(20-12-8-5-9-13-20)26-22(28)14-15-25-24(30)27(3)17-19-10-6-4-7-11-19/h4-13,18,21H,14-17H2,1-3H3,(H,25,30)(H,26,28). The lowest BCUT2D eigenvalue weighted by Crippen LogP contribution is -2.39. The van der Waals surface area contributed by atoms with Gasteiger partial charge in [-0.3, -0.25) is 9.59 Å². The van der Waals surface area contributed by atoms with Crippen LogP contribution in [-0.4, -0.2) is 42.5 Å². The Labute approximate surface area is 183 Å². The van der Waals surface area contributed by atoms with Crippen LogP contribution in [-0.2, 0) is 20.9 Å². The molecule has 1 atom stereocenters. The van der Waals surface area contributed by atoms with E-state index in [9.17, 15) is 14.4 Å². The summed E-state index contributed by atoms with van der Waals surface area (Å²) in [5.41, 5.74) is 1.85. The van der Waals surface area contributed by atoms with E-state index in [4.69, 9.17) is 4.74 Å². The second-order valence-corrected chi connectivity index (χ2v) is 7.60. The molecule has 2 N–H and O–H groups in total.